The van der Waals surface area contributed by atoms with Crippen molar-refractivity contribution in [3.05, 3.63) is 58.4 Å². The number of rotatable bonds is 5. The minimum absolute atomic E-state index is 0.0257. The molecule has 3 rings (SSSR count). The number of aryl methyl sites for hydroxylation is 1. The smallest absolute Gasteiger partial charge is 0.233 e. The fourth-order valence-corrected chi connectivity index (χ4v) is 3.78. The van der Waals surface area contributed by atoms with Crippen molar-refractivity contribution in [2.45, 2.75) is 20.3 Å². The van der Waals surface area contributed by atoms with Crippen LogP contribution in [0.5, 0.6) is 5.75 Å². The van der Waals surface area contributed by atoms with Gasteiger partial charge >= 0.3 is 0 Å². The summed E-state index contributed by atoms with van der Waals surface area (Å²) in [5.74, 6) is 0.769. The molecule has 0 aliphatic heterocycles. The number of halogens is 1. The van der Waals surface area contributed by atoms with Gasteiger partial charge in [0, 0.05) is 21.9 Å². The molecule has 0 fully saturated rings. The summed E-state index contributed by atoms with van der Waals surface area (Å²) < 4.78 is 5.21. The van der Waals surface area contributed by atoms with E-state index in [2.05, 4.69) is 0 Å². The number of amides is 1. The fraction of sp³-hybridized carbons (Fsp3) is 0.200. The van der Waals surface area contributed by atoms with E-state index < -0.39 is 0 Å². The van der Waals surface area contributed by atoms with Gasteiger partial charge in [-0.3, -0.25) is 9.69 Å². The zero-order valence-electron chi connectivity index (χ0n) is 14.8. The van der Waals surface area contributed by atoms with Crippen LogP contribution in [0.3, 0.4) is 0 Å². The minimum Gasteiger partial charge on any atom is -0.497 e. The summed E-state index contributed by atoms with van der Waals surface area (Å²) in [6.45, 7) is 3.85. The first-order valence-electron chi connectivity index (χ1n) is 8.24. The normalized spacial score (nSPS) is 10.6. The van der Waals surface area contributed by atoms with E-state index >= 15 is 0 Å². The summed E-state index contributed by atoms with van der Waals surface area (Å²) in [6, 6.07) is 15.0. The first kappa shape index (κ1) is 18.4. The first-order chi connectivity index (χ1) is 12.5. The van der Waals surface area contributed by atoms with E-state index in [-0.39, 0.29) is 5.91 Å². The summed E-state index contributed by atoms with van der Waals surface area (Å²) in [7, 11) is 1.64. The maximum Gasteiger partial charge on any atom is 0.233 e. The monoisotopic (exact) mass is 386 g/mol. The van der Waals surface area contributed by atoms with E-state index in [1.54, 1.807) is 24.1 Å². The molecule has 0 N–H and O–H groups in total. The molecule has 0 saturated heterocycles. The molecule has 4 nitrogen and oxygen atoms in total. The average Bonchev–Trinajstić information content (AvgIpc) is 3.03. The van der Waals surface area contributed by atoms with Crippen LogP contribution in [0.15, 0.2) is 48.5 Å². The van der Waals surface area contributed by atoms with Crippen LogP contribution in [0, 0.1) is 6.92 Å². The Labute approximate surface area is 162 Å². The Morgan fingerprint density at radius 2 is 1.96 bits per heavy atom. The lowest BCUT2D eigenvalue weighted by Gasteiger charge is -2.19. The van der Waals surface area contributed by atoms with Crippen LogP contribution in [0.2, 0.25) is 5.02 Å². The van der Waals surface area contributed by atoms with Crippen molar-refractivity contribution in [1.29, 1.82) is 0 Å². The Bertz CT molecular complexity index is 922. The number of thiazole rings is 1. The van der Waals surface area contributed by atoms with Gasteiger partial charge in [0.1, 0.15) is 5.75 Å². The van der Waals surface area contributed by atoms with E-state index in [0.717, 1.165) is 27.6 Å². The van der Waals surface area contributed by atoms with Gasteiger partial charge in [0.15, 0.2) is 5.13 Å². The molecule has 0 radical (unpaired) electrons. The molecular weight excluding hydrogens is 368 g/mol. The number of carbonyl (C=O) groups excluding carboxylic acids is 1. The molecule has 2 aromatic carbocycles. The molecular formula is C20H19ClN2O2S. The summed E-state index contributed by atoms with van der Waals surface area (Å²) in [6.07, 6.45) is 0.378. The van der Waals surface area contributed by atoms with Crippen LogP contribution in [-0.2, 0) is 4.79 Å². The van der Waals surface area contributed by atoms with Gasteiger partial charge < -0.3 is 4.74 Å². The number of hydrogen-bond acceptors (Lipinski definition) is 4. The third-order valence-electron chi connectivity index (χ3n) is 3.96. The van der Waals surface area contributed by atoms with Crippen LogP contribution in [0.1, 0.15) is 18.2 Å². The molecule has 0 bridgehead atoms. The molecule has 0 saturated carbocycles. The Kier molecular flexibility index (Phi) is 5.59. The van der Waals surface area contributed by atoms with E-state index in [1.807, 2.05) is 50.2 Å². The zero-order valence-corrected chi connectivity index (χ0v) is 16.4. The standard InChI is InChI=1S/C20H19ClN2O2S/c1-4-18(24)23(16-7-5-6-15(21)12-16)20-22-19(13(2)26-20)14-8-10-17(25-3)11-9-14/h5-12H,4H2,1-3H3. The summed E-state index contributed by atoms with van der Waals surface area (Å²) in [5.41, 5.74) is 2.57. The molecule has 1 amide bonds. The second-order valence-corrected chi connectivity index (χ2v) is 7.31. The van der Waals surface area contributed by atoms with Crippen molar-refractivity contribution in [3.8, 4) is 17.0 Å². The first-order valence-corrected chi connectivity index (χ1v) is 9.43. The average molecular weight is 387 g/mol. The molecule has 1 aromatic heterocycles. The SMILES string of the molecule is CCC(=O)N(c1cccc(Cl)c1)c1nc(-c2ccc(OC)cc2)c(C)s1. The molecule has 0 atom stereocenters. The number of ether oxygens (including phenoxy) is 1. The number of methoxy groups -OCH3 is 1. The van der Waals surface area contributed by atoms with Gasteiger partial charge in [-0.05, 0) is 49.4 Å². The van der Waals surface area contributed by atoms with Crippen LogP contribution in [0.4, 0.5) is 10.8 Å². The molecule has 6 heteroatoms. The van der Waals surface area contributed by atoms with Gasteiger partial charge in [-0.15, -0.1) is 11.3 Å². The van der Waals surface area contributed by atoms with Crippen LogP contribution >= 0.6 is 22.9 Å². The maximum atomic E-state index is 12.6. The van der Waals surface area contributed by atoms with Crippen molar-refractivity contribution < 1.29 is 9.53 Å². The van der Waals surface area contributed by atoms with Crippen molar-refractivity contribution in [2.24, 2.45) is 0 Å². The molecule has 0 unspecified atom stereocenters. The summed E-state index contributed by atoms with van der Waals surface area (Å²) in [5, 5.41) is 1.22. The maximum absolute atomic E-state index is 12.6. The quantitative estimate of drug-likeness (QED) is 0.551. The lowest BCUT2D eigenvalue weighted by Crippen LogP contribution is -2.24. The highest BCUT2D eigenvalue weighted by Gasteiger charge is 2.22. The zero-order chi connectivity index (χ0) is 18.7. The van der Waals surface area contributed by atoms with Crippen molar-refractivity contribution in [3.63, 3.8) is 0 Å². The molecule has 0 spiro atoms. The Morgan fingerprint density at radius 1 is 1.23 bits per heavy atom. The Balaban J connectivity index is 2.04. The molecule has 0 aliphatic carbocycles. The topological polar surface area (TPSA) is 42.4 Å². The highest BCUT2D eigenvalue weighted by Crippen LogP contribution is 2.37. The van der Waals surface area contributed by atoms with Crippen molar-refractivity contribution in [2.75, 3.05) is 12.0 Å². The lowest BCUT2D eigenvalue weighted by molar-refractivity contribution is -0.117. The Hall–Kier alpha value is -2.37. The minimum atomic E-state index is -0.0257. The van der Waals surface area contributed by atoms with E-state index in [1.165, 1.54) is 11.3 Å². The molecule has 1 heterocycles. The predicted octanol–water partition coefficient (Wildman–Crippen LogP) is 5.86. The fourth-order valence-electron chi connectivity index (χ4n) is 2.63. The summed E-state index contributed by atoms with van der Waals surface area (Å²) >= 11 is 7.61. The number of aromatic nitrogens is 1. The van der Waals surface area contributed by atoms with Crippen LogP contribution in [-0.4, -0.2) is 18.0 Å². The molecule has 134 valence electrons. The van der Waals surface area contributed by atoms with Gasteiger partial charge in [-0.2, -0.15) is 0 Å². The van der Waals surface area contributed by atoms with Gasteiger partial charge in [-0.1, -0.05) is 24.6 Å². The van der Waals surface area contributed by atoms with Crippen molar-refractivity contribution in [1.82, 2.24) is 4.98 Å². The second kappa shape index (κ2) is 7.89. The van der Waals surface area contributed by atoms with Crippen LogP contribution < -0.4 is 9.64 Å². The van der Waals surface area contributed by atoms with E-state index in [9.17, 15) is 4.79 Å². The number of nitrogens with zero attached hydrogens (tertiary/aromatic N) is 2. The highest BCUT2D eigenvalue weighted by atomic mass is 35.5. The van der Waals surface area contributed by atoms with Gasteiger partial charge in [-0.25, -0.2) is 4.98 Å². The number of anilines is 2. The highest BCUT2D eigenvalue weighted by molar-refractivity contribution is 7.16. The summed E-state index contributed by atoms with van der Waals surface area (Å²) in [4.78, 5) is 20.0. The lowest BCUT2D eigenvalue weighted by atomic mass is 10.1. The van der Waals surface area contributed by atoms with Gasteiger partial charge in [0.05, 0.1) is 18.5 Å². The number of benzene rings is 2. The largest absolute Gasteiger partial charge is 0.497 e. The third-order valence-corrected chi connectivity index (χ3v) is 5.15. The van der Waals surface area contributed by atoms with Gasteiger partial charge in [0.25, 0.3) is 0 Å². The second-order valence-electron chi connectivity index (χ2n) is 5.69. The predicted molar refractivity (Wildman–Crippen MR) is 108 cm³/mol. The number of carbonyl (C=O) groups is 1. The number of hydrogen-bond donors (Lipinski definition) is 0. The van der Waals surface area contributed by atoms with Crippen molar-refractivity contribution >= 4 is 39.7 Å². The van der Waals surface area contributed by atoms with E-state index in [0.29, 0.717) is 16.6 Å². The molecule has 3 aromatic rings. The third kappa shape index (κ3) is 3.74. The van der Waals surface area contributed by atoms with Gasteiger partial charge in [0.2, 0.25) is 5.91 Å². The molecule has 0 aliphatic rings. The molecule has 26 heavy (non-hydrogen) atoms. The Morgan fingerprint density at radius 3 is 2.58 bits per heavy atom. The van der Waals surface area contributed by atoms with Crippen LogP contribution in [0.25, 0.3) is 11.3 Å². The van der Waals surface area contributed by atoms with E-state index in [4.69, 9.17) is 21.3 Å².